The quantitative estimate of drug-likeness (QED) is 0.635. The zero-order valence-corrected chi connectivity index (χ0v) is 16.2. The number of benzene rings is 3. The molecule has 0 saturated carbocycles. The second kappa shape index (κ2) is 7.93. The zero-order valence-electron chi connectivity index (χ0n) is 16.2. The summed E-state index contributed by atoms with van der Waals surface area (Å²) >= 11 is 0. The van der Waals surface area contributed by atoms with Crippen LogP contribution in [0.1, 0.15) is 22.3 Å². The molecule has 1 fully saturated rings. The predicted molar refractivity (Wildman–Crippen MR) is 114 cm³/mol. The molecular formula is C24H27N3. The monoisotopic (exact) mass is 357 g/mol. The molecule has 3 heteroatoms. The smallest absolute Gasteiger partial charge is 0.0549 e. The van der Waals surface area contributed by atoms with Crippen molar-refractivity contribution < 1.29 is 0 Å². The van der Waals surface area contributed by atoms with Crippen LogP contribution < -0.4 is 0 Å². The summed E-state index contributed by atoms with van der Waals surface area (Å²) < 4.78 is 0. The third kappa shape index (κ3) is 4.20. The molecular weight excluding hydrogens is 330 g/mol. The Morgan fingerprint density at radius 3 is 2.48 bits per heavy atom. The SMILES string of the molecule is Cc1ccc(CN2CCN(N=Cc3cccc4ccccc34)CC2)c(C)c1. The highest BCUT2D eigenvalue weighted by Gasteiger charge is 2.16. The van der Waals surface area contributed by atoms with Crippen molar-refractivity contribution >= 4 is 17.0 Å². The molecule has 0 spiro atoms. The largest absolute Gasteiger partial charge is 0.295 e. The molecule has 0 amide bonds. The number of aryl methyl sites for hydroxylation is 2. The summed E-state index contributed by atoms with van der Waals surface area (Å²) in [6, 6.07) is 21.6. The van der Waals surface area contributed by atoms with Crippen LogP contribution in [-0.2, 0) is 6.54 Å². The number of hydrazone groups is 1. The molecule has 4 rings (SSSR count). The maximum absolute atomic E-state index is 4.76. The third-order valence-corrected chi connectivity index (χ3v) is 5.42. The number of fused-ring (bicyclic) bond motifs is 1. The third-order valence-electron chi connectivity index (χ3n) is 5.42. The number of hydrogen-bond acceptors (Lipinski definition) is 3. The molecule has 1 saturated heterocycles. The van der Waals surface area contributed by atoms with Gasteiger partial charge in [0.2, 0.25) is 0 Å². The van der Waals surface area contributed by atoms with Gasteiger partial charge in [-0.3, -0.25) is 9.91 Å². The summed E-state index contributed by atoms with van der Waals surface area (Å²) in [5.41, 5.74) is 5.36. The van der Waals surface area contributed by atoms with E-state index in [1.807, 2.05) is 6.21 Å². The lowest BCUT2D eigenvalue weighted by Gasteiger charge is -2.33. The fraction of sp³-hybridized carbons (Fsp3) is 0.292. The maximum atomic E-state index is 4.76. The van der Waals surface area contributed by atoms with E-state index in [9.17, 15) is 0 Å². The molecule has 0 atom stereocenters. The summed E-state index contributed by atoms with van der Waals surface area (Å²) in [5, 5.41) is 9.48. The van der Waals surface area contributed by atoms with Crippen molar-refractivity contribution in [3.8, 4) is 0 Å². The van der Waals surface area contributed by atoms with Crippen molar-refractivity contribution in [1.82, 2.24) is 9.91 Å². The number of rotatable bonds is 4. The summed E-state index contributed by atoms with van der Waals surface area (Å²) in [5.74, 6) is 0. The van der Waals surface area contributed by atoms with E-state index in [1.165, 1.54) is 33.0 Å². The Hall–Kier alpha value is -2.65. The molecule has 1 aliphatic rings. The predicted octanol–water partition coefficient (Wildman–Crippen LogP) is 4.61. The second-order valence-corrected chi connectivity index (χ2v) is 7.47. The Bertz CT molecular complexity index is 948. The van der Waals surface area contributed by atoms with Crippen LogP contribution in [0.25, 0.3) is 10.8 Å². The van der Waals surface area contributed by atoms with Gasteiger partial charge < -0.3 is 0 Å². The van der Waals surface area contributed by atoms with E-state index in [1.54, 1.807) is 0 Å². The lowest BCUT2D eigenvalue weighted by molar-refractivity contribution is 0.131. The zero-order chi connectivity index (χ0) is 18.6. The fourth-order valence-corrected chi connectivity index (χ4v) is 3.78. The van der Waals surface area contributed by atoms with Gasteiger partial charge in [-0.05, 0) is 35.7 Å². The minimum absolute atomic E-state index is 0.978. The van der Waals surface area contributed by atoms with Crippen molar-refractivity contribution in [1.29, 1.82) is 0 Å². The van der Waals surface area contributed by atoms with Crippen LogP contribution in [-0.4, -0.2) is 42.3 Å². The van der Waals surface area contributed by atoms with E-state index in [0.29, 0.717) is 0 Å². The van der Waals surface area contributed by atoms with Crippen molar-refractivity contribution in [2.24, 2.45) is 5.10 Å². The van der Waals surface area contributed by atoms with Crippen LogP contribution in [0, 0.1) is 13.8 Å². The van der Waals surface area contributed by atoms with Crippen LogP contribution >= 0.6 is 0 Å². The molecule has 3 aromatic carbocycles. The highest BCUT2D eigenvalue weighted by Crippen LogP contribution is 2.18. The van der Waals surface area contributed by atoms with Crippen LogP contribution in [0.2, 0.25) is 0 Å². The van der Waals surface area contributed by atoms with Gasteiger partial charge in [0.15, 0.2) is 0 Å². The summed E-state index contributed by atoms with van der Waals surface area (Å²) in [7, 11) is 0. The molecule has 0 aliphatic carbocycles. The molecule has 0 bridgehead atoms. The highest BCUT2D eigenvalue weighted by atomic mass is 15.5. The molecule has 0 unspecified atom stereocenters. The fourth-order valence-electron chi connectivity index (χ4n) is 3.78. The number of nitrogens with zero attached hydrogens (tertiary/aromatic N) is 3. The molecule has 3 aromatic rings. The minimum Gasteiger partial charge on any atom is -0.295 e. The Morgan fingerprint density at radius 1 is 0.889 bits per heavy atom. The molecule has 27 heavy (non-hydrogen) atoms. The average Bonchev–Trinajstić information content (AvgIpc) is 2.69. The van der Waals surface area contributed by atoms with Gasteiger partial charge in [-0.25, -0.2) is 0 Å². The number of piperazine rings is 1. The van der Waals surface area contributed by atoms with Gasteiger partial charge in [0.05, 0.1) is 6.21 Å². The molecule has 0 radical (unpaired) electrons. The number of hydrogen-bond donors (Lipinski definition) is 0. The van der Waals surface area contributed by atoms with E-state index in [0.717, 1.165) is 32.7 Å². The molecule has 0 N–H and O–H groups in total. The van der Waals surface area contributed by atoms with Gasteiger partial charge in [-0.2, -0.15) is 5.10 Å². The Labute approximate surface area is 161 Å². The minimum atomic E-state index is 0.978. The highest BCUT2D eigenvalue weighted by molar-refractivity contribution is 5.99. The topological polar surface area (TPSA) is 18.8 Å². The van der Waals surface area contributed by atoms with Crippen LogP contribution in [0.15, 0.2) is 65.8 Å². The van der Waals surface area contributed by atoms with E-state index < -0.39 is 0 Å². The van der Waals surface area contributed by atoms with E-state index in [2.05, 4.69) is 84.4 Å². The summed E-state index contributed by atoms with van der Waals surface area (Å²) in [6.45, 7) is 9.47. The van der Waals surface area contributed by atoms with Crippen LogP contribution in [0.4, 0.5) is 0 Å². The van der Waals surface area contributed by atoms with Crippen molar-refractivity contribution in [2.75, 3.05) is 26.2 Å². The van der Waals surface area contributed by atoms with Gasteiger partial charge in [-0.1, -0.05) is 66.2 Å². The molecule has 1 aliphatic heterocycles. The lowest BCUT2D eigenvalue weighted by Crippen LogP contribution is -2.43. The van der Waals surface area contributed by atoms with Gasteiger partial charge in [0, 0.05) is 38.3 Å². The molecule has 1 heterocycles. The average molecular weight is 358 g/mol. The Balaban J connectivity index is 1.37. The first-order valence-electron chi connectivity index (χ1n) is 9.74. The van der Waals surface area contributed by atoms with Gasteiger partial charge >= 0.3 is 0 Å². The van der Waals surface area contributed by atoms with E-state index in [-0.39, 0.29) is 0 Å². The second-order valence-electron chi connectivity index (χ2n) is 7.47. The van der Waals surface area contributed by atoms with Gasteiger partial charge in [0.1, 0.15) is 0 Å². The first-order valence-corrected chi connectivity index (χ1v) is 9.74. The maximum Gasteiger partial charge on any atom is 0.0549 e. The van der Waals surface area contributed by atoms with Crippen LogP contribution in [0.3, 0.4) is 0 Å². The first-order chi connectivity index (χ1) is 13.2. The first kappa shape index (κ1) is 17.7. The van der Waals surface area contributed by atoms with E-state index in [4.69, 9.17) is 5.10 Å². The van der Waals surface area contributed by atoms with Crippen LogP contribution in [0.5, 0.6) is 0 Å². The van der Waals surface area contributed by atoms with Crippen molar-refractivity contribution in [2.45, 2.75) is 20.4 Å². The summed E-state index contributed by atoms with van der Waals surface area (Å²) in [6.07, 6.45) is 2.02. The standard InChI is InChI=1S/C24H27N3/c1-19-10-11-23(20(2)16-19)18-26-12-14-27(15-13-26)25-17-22-8-5-7-21-6-3-4-9-24(21)22/h3-11,16-17H,12-15,18H2,1-2H3. The normalized spacial score (nSPS) is 15.7. The Kier molecular flexibility index (Phi) is 5.21. The van der Waals surface area contributed by atoms with Gasteiger partial charge in [-0.15, -0.1) is 0 Å². The van der Waals surface area contributed by atoms with Gasteiger partial charge in [0.25, 0.3) is 0 Å². The Morgan fingerprint density at radius 2 is 1.67 bits per heavy atom. The van der Waals surface area contributed by atoms with E-state index >= 15 is 0 Å². The lowest BCUT2D eigenvalue weighted by atomic mass is 10.1. The molecule has 3 nitrogen and oxygen atoms in total. The summed E-state index contributed by atoms with van der Waals surface area (Å²) in [4.78, 5) is 2.53. The van der Waals surface area contributed by atoms with Crippen molar-refractivity contribution in [3.63, 3.8) is 0 Å². The molecule has 0 aromatic heterocycles. The van der Waals surface area contributed by atoms with Crippen molar-refractivity contribution in [3.05, 3.63) is 82.9 Å². The molecule has 138 valence electrons.